The third-order valence-corrected chi connectivity index (χ3v) is 10.6. The number of ether oxygens (including phenoxy) is 1. The number of aliphatic hydroxyl groups is 5. The summed E-state index contributed by atoms with van der Waals surface area (Å²) in [5, 5.41) is 53.5. The summed E-state index contributed by atoms with van der Waals surface area (Å²) < 4.78 is 6.28. The molecular weight excluding hydrogens is 676 g/mol. The number of rotatable bonds is 20. The maximum absolute atomic E-state index is 13.3. The molecule has 0 aliphatic heterocycles. The summed E-state index contributed by atoms with van der Waals surface area (Å²) >= 11 is 0. The maximum atomic E-state index is 13.3. The number of aliphatic hydroxyl groups excluding tert-OH is 5. The molecule has 3 aromatic rings. The minimum Gasteiger partial charge on any atom is -0.490 e. The summed E-state index contributed by atoms with van der Waals surface area (Å²) in [7, 11) is 3.10. The zero-order chi connectivity index (χ0) is 38.3. The first kappa shape index (κ1) is 40.3. The van der Waals surface area contributed by atoms with Crippen LogP contribution >= 0.6 is 0 Å². The highest BCUT2D eigenvalue weighted by Crippen LogP contribution is 2.50. The molecule has 1 heterocycles. The van der Waals surface area contributed by atoms with Gasteiger partial charge in [-0.1, -0.05) is 43.3 Å². The second-order valence-electron chi connectivity index (χ2n) is 15.0. The SMILES string of the molecule is Cc1ccc(C(C)CCCC(=O)N(CC(=O)N(C)C)C[C@H](O)C(O)C(O)[C@H](O)CO)cc1CNC1(c2cnccc2-c2ccccc2OC2CC2)CC1. The largest absolute Gasteiger partial charge is 0.490 e. The van der Waals surface area contributed by atoms with E-state index in [1.165, 1.54) is 21.6 Å². The van der Waals surface area contributed by atoms with Gasteiger partial charge in [0, 0.05) is 57.1 Å². The van der Waals surface area contributed by atoms with Crippen molar-refractivity contribution < 1.29 is 39.9 Å². The standard InChI is InChI=1S/C41H56N4O8/c1-26(8-7-11-37(49)45(24-38(50)44(3)4)23-34(47)39(51)40(52)35(48)25-46)28-13-12-27(2)29(20-28)21-43-41(17-18-41)33-22-42-19-16-31(33)32-9-5-6-10-36(32)53-30-14-15-30/h5-6,9-10,12-13,16,19-20,22,26,30,34-35,39-40,43,46-48,51-52H,7-8,11,14-15,17-18,21,23-25H2,1-4H3/t26?,34-,35+,39?,40?/m0/s1. The van der Waals surface area contributed by atoms with Crippen LogP contribution in [0.15, 0.2) is 60.9 Å². The molecule has 0 radical (unpaired) electrons. The zero-order valence-electron chi connectivity index (χ0n) is 31.3. The minimum absolute atomic E-state index is 0.112. The Balaban J connectivity index is 1.20. The highest BCUT2D eigenvalue weighted by Gasteiger charge is 2.46. The Morgan fingerprint density at radius 3 is 2.38 bits per heavy atom. The van der Waals surface area contributed by atoms with Crippen molar-refractivity contribution in [2.75, 3.05) is 33.8 Å². The molecule has 12 nitrogen and oxygen atoms in total. The number of para-hydroxylation sites is 1. The van der Waals surface area contributed by atoms with Crippen molar-refractivity contribution in [3.8, 4) is 16.9 Å². The smallest absolute Gasteiger partial charge is 0.241 e. The molecule has 2 fully saturated rings. The normalized spacial score (nSPS) is 17.7. The molecule has 2 aliphatic carbocycles. The summed E-state index contributed by atoms with van der Waals surface area (Å²) in [5.41, 5.74) is 6.79. The zero-order valence-corrected chi connectivity index (χ0v) is 31.3. The lowest BCUT2D eigenvalue weighted by molar-refractivity contribution is -0.145. The van der Waals surface area contributed by atoms with Gasteiger partial charge in [-0.2, -0.15) is 0 Å². The molecule has 53 heavy (non-hydrogen) atoms. The fourth-order valence-corrected chi connectivity index (χ4v) is 6.63. The first-order valence-corrected chi connectivity index (χ1v) is 18.7. The van der Waals surface area contributed by atoms with E-state index in [1.807, 2.05) is 18.5 Å². The molecule has 5 atom stereocenters. The first-order chi connectivity index (χ1) is 25.3. The van der Waals surface area contributed by atoms with Crippen molar-refractivity contribution >= 4 is 11.8 Å². The van der Waals surface area contributed by atoms with Gasteiger partial charge in [0.25, 0.3) is 0 Å². The fourth-order valence-electron chi connectivity index (χ4n) is 6.63. The van der Waals surface area contributed by atoms with Crippen LogP contribution in [0.1, 0.15) is 80.0 Å². The average molecular weight is 733 g/mol. The predicted octanol–water partition coefficient (Wildman–Crippen LogP) is 3.00. The number of amides is 2. The summed E-state index contributed by atoms with van der Waals surface area (Å²) in [4.78, 5) is 32.8. The van der Waals surface area contributed by atoms with E-state index < -0.39 is 37.6 Å². The van der Waals surface area contributed by atoms with Crippen LogP contribution in [0, 0.1) is 6.92 Å². The van der Waals surface area contributed by atoms with Crippen molar-refractivity contribution in [3.63, 3.8) is 0 Å². The van der Waals surface area contributed by atoms with Crippen LogP contribution in [0.4, 0.5) is 0 Å². The highest BCUT2D eigenvalue weighted by molar-refractivity contribution is 5.84. The van der Waals surface area contributed by atoms with E-state index in [9.17, 15) is 30.0 Å². The van der Waals surface area contributed by atoms with Gasteiger partial charge in [-0.15, -0.1) is 0 Å². The van der Waals surface area contributed by atoms with Gasteiger partial charge in [-0.25, -0.2) is 0 Å². The Hall–Kier alpha value is -3.91. The molecule has 6 N–H and O–H groups in total. The Morgan fingerprint density at radius 2 is 1.70 bits per heavy atom. The van der Waals surface area contributed by atoms with Crippen LogP contribution in [0.2, 0.25) is 0 Å². The van der Waals surface area contributed by atoms with Crippen molar-refractivity contribution in [2.45, 2.75) is 107 Å². The average Bonchev–Trinajstić information content (AvgIpc) is 4.11. The van der Waals surface area contributed by atoms with Crippen molar-refractivity contribution in [1.29, 1.82) is 0 Å². The van der Waals surface area contributed by atoms with Gasteiger partial charge in [0.2, 0.25) is 11.8 Å². The summed E-state index contributed by atoms with van der Waals surface area (Å²) in [6.45, 7) is 3.36. The number of hydrogen-bond acceptors (Lipinski definition) is 10. The van der Waals surface area contributed by atoms with E-state index in [0.29, 0.717) is 25.5 Å². The summed E-state index contributed by atoms with van der Waals surface area (Å²) in [6.07, 6.45) is 2.70. The summed E-state index contributed by atoms with van der Waals surface area (Å²) in [6, 6.07) is 16.8. The lowest BCUT2D eigenvalue weighted by Gasteiger charge is -2.31. The number of hydrogen-bond donors (Lipinski definition) is 6. The molecule has 0 saturated heterocycles. The number of pyridine rings is 1. The third kappa shape index (κ3) is 10.4. The molecular formula is C41H56N4O8. The molecule has 1 aromatic heterocycles. The van der Waals surface area contributed by atoms with Gasteiger partial charge in [-0.05, 0) is 91.3 Å². The molecule has 2 aliphatic rings. The molecule has 12 heteroatoms. The minimum atomic E-state index is -1.84. The molecule has 288 valence electrons. The molecule has 3 unspecified atom stereocenters. The second-order valence-corrected chi connectivity index (χ2v) is 15.0. The van der Waals surface area contributed by atoms with Gasteiger partial charge in [0.15, 0.2) is 0 Å². The Bertz CT molecular complexity index is 1690. The number of aryl methyl sites for hydroxylation is 1. The maximum Gasteiger partial charge on any atom is 0.241 e. The first-order valence-electron chi connectivity index (χ1n) is 18.7. The number of likely N-dealkylation sites (N-methyl/N-ethyl adjacent to an activating group) is 1. The Kier molecular flexibility index (Phi) is 13.6. The number of aromatic nitrogens is 1. The molecule has 2 saturated carbocycles. The topological polar surface area (TPSA) is 176 Å². The van der Waals surface area contributed by atoms with Crippen LogP contribution in [-0.4, -0.2) is 116 Å². The lowest BCUT2D eigenvalue weighted by Crippen LogP contribution is -2.52. The number of nitrogens with zero attached hydrogens (tertiary/aromatic N) is 3. The number of benzene rings is 2. The molecule has 5 rings (SSSR count). The van der Waals surface area contributed by atoms with Crippen LogP contribution < -0.4 is 10.1 Å². The van der Waals surface area contributed by atoms with Crippen LogP contribution in [0.5, 0.6) is 5.75 Å². The van der Waals surface area contributed by atoms with Gasteiger partial charge in [-0.3, -0.25) is 14.6 Å². The van der Waals surface area contributed by atoms with E-state index in [2.05, 4.69) is 66.6 Å². The number of carbonyl (C=O) groups excluding carboxylic acids is 2. The van der Waals surface area contributed by atoms with Crippen LogP contribution in [0.25, 0.3) is 11.1 Å². The molecule has 2 amide bonds. The van der Waals surface area contributed by atoms with Gasteiger partial charge in [0.1, 0.15) is 30.2 Å². The van der Waals surface area contributed by atoms with Crippen LogP contribution in [-0.2, 0) is 21.7 Å². The highest BCUT2D eigenvalue weighted by atomic mass is 16.5. The molecule has 2 aromatic carbocycles. The van der Waals surface area contributed by atoms with E-state index in [0.717, 1.165) is 53.0 Å². The quantitative estimate of drug-likeness (QED) is 0.101. The number of carbonyl (C=O) groups is 2. The molecule has 0 spiro atoms. The summed E-state index contributed by atoms with van der Waals surface area (Å²) in [5.74, 6) is 0.309. The van der Waals surface area contributed by atoms with E-state index in [-0.39, 0.29) is 36.2 Å². The lowest BCUT2D eigenvalue weighted by atomic mass is 9.91. The Morgan fingerprint density at radius 1 is 0.981 bits per heavy atom. The van der Waals surface area contributed by atoms with Gasteiger partial charge >= 0.3 is 0 Å². The van der Waals surface area contributed by atoms with Crippen molar-refractivity contribution in [2.24, 2.45) is 0 Å². The van der Waals surface area contributed by atoms with E-state index >= 15 is 0 Å². The fraction of sp³-hybridized carbons (Fsp3) is 0.537. The second kappa shape index (κ2) is 17.9. The van der Waals surface area contributed by atoms with E-state index in [1.54, 1.807) is 14.1 Å². The van der Waals surface area contributed by atoms with E-state index in [4.69, 9.17) is 9.84 Å². The predicted molar refractivity (Wildman–Crippen MR) is 201 cm³/mol. The third-order valence-electron chi connectivity index (χ3n) is 10.6. The van der Waals surface area contributed by atoms with Crippen LogP contribution in [0.3, 0.4) is 0 Å². The van der Waals surface area contributed by atoms with Gasteiger partial charge < -0.3 is 45.4 Å². The van der Waals surface area contributed by atoms with Gasteiger partial charge in [0.05, 0.1) is 19.3 Å². The monoisotopic (exact) mass is 732 g/mol. The molecule has 0 bridgehead atoms. The van der Waals surface area contributed by atoms with Crippen molar-refractivity contribution in [1.82, 2.24) is 20.1 Å². The Labute approximate surface area is 312 Å². The number of nitrogens with one attached hydrogen (secondary N) is 1. The van der Waals surface area contributed by atoms with Crippen molar-refractivity contribution in [3.05, 3.63) is 83.2 Å².